The molecular formula is C10H14N2O3. The molecule has 0 aliphatic heterocycles. The minimum Gasteiger partial charge on any atom is -0.475 e. The number of hydrogen-bond donors (Lipinski definition) is 1. The third-order valence-corrected chi connectivity index (χ3v) is 1.48. The van der Waals surface area contributed by atoms with E-state index in [-0.39, 0.29) is 5.56 Å². The Morgan fingerprint density at radius 3 is 2.07 bits per heavy atom. The fourth-order valence-electron chi connectivity index (χ4n) is 0.778. The fraction of sp³-hybridized carbons (Fsp3) is 0.400. The lowest BCUT2D eigenvalue weighted by molar-refractivity contribution is -0.131. The van der Waals surface area contributed by atoms with Crippen molar-refractivity contribution in [3.8, 4) is 0 Å². The average molecular weight is 210 g/mol. The van der Waals surface area contributed by atoms with Crippen LogP contribution < -0.4 is 0 Å². The molecule has 0 saturated carbocycles. The van der Waals surface area contributed by atoms with Gasteiger partial charge >= 0.3 is 5.97 Å². The Hall–Kier alpha value is -1.78. The summed E-state index contributed by atoms with van der Waals surface area (Å²) in [6.45, 7) is 5.87. The van der Waals surface area contributed by atoms with Gasteiger partial charge in [0, 0.05) is 18.8 Å². The zero-order valence-corrected chi connectivity index (χ0v) is 9.02. The Labute approximate surface area is 88.2 Å². The normalized spacial score (nSPS) is 8.73. The van der Waals surface area contributed by atoms with E-state index in [1.54, 1.807) is 0 Å². The number of aryl methyl sites for hydroxylation is 1. The zero-order valence-electron chi connectivity index (χ0n) is 9.02. The van der Waals surface area contributed by atoms with E-state index in [1.807, 2.05) is 20.8 Å². The van der Waals surface area contributed by atoms with Gasteiger partial charge in [0.15, 0.2) is 0 Å². The first-order chi connectivity index (χ1) is 7.15. The van der Waals surface area contributed by atoms with Crippen molar-refractivity contribution in [3.63, 3.8) is 0 Å². The number of carboxylic acids is 1. The first kappa shape index (κ1) is 13.2. The lowest BCUT2D eigenvalue weighted by Gasteiger charge is -1.96. The van der Waals surface area contributed by atoms with E-state index in [0.717, 1.165) is 0 Å². The second kappa shape index (κ2) is 6.64. The van der Waals surface area contributed by atoms with Gasteiger partial charge in [0.05, 0.1) is 5.56 Å². The molecule has 15 heavy (non-hydrogen) atoms. The fourth-order valence-corrected chi connectivity index (χ4v) is 0.778. The van der Waals surface area contributed by atoms with Gasteiger partial charge in [-0.25, -0.2) is 14.8 Å². The van der Waals surface area contributed by atoms with E-state index in [1.165, 1.54) is 12.4 Å². The second-order valence-corrected chi connectivity index (χ2v) is 2.38. The van der Waals surface area contributed by atoms with Gasteiger partial charge in [0.25, 0.3) is 5.78 Å². The van der Waals surface area contributed by atoms with Gasteiger partial charge in [0.1, 0.15) is 5.82 Å². The molecule has 0 aromatic carbocycles. The quantitative estimate of drug-likeness (QED) is 0.601. The lowest BCUT2D eigenvalue weighted by Crippen LogP contribution is -2.13. The van der Waals surface area contributed by atoms with Crippen LogP contribution in [0.25, 0.3) is 0 Å². The summed E-state index contributed by atoms with van der Waals surface area (Å²) in [6, 6.07) is 0. The summed E-state index contributed by atoms with van der Waals surface area (Å²) in [5.41, 5.74) is 0.00435. The summed E-state index contributed by atoms with van der Waals surface area (Å²) in [7, 11) is 0. The summed E-state index contributed by atoms with van der Waals surface area (Å²) in [5, 5.41) is 8.36. The van der Waals surface area contributed by atoms with Crippen LogP contribution in [0.3, 0.4) is 0 Å². The van der Waals surface area contributed by atoms with Crippen LogP contribution in [0.15, 0.2) is 12.4 Å². The third-order valence-electron chi connectivity index (χ3n) is 1.48. The lowest BCUT2D eigenvalue weighted by atomic mass is 10.2. The summed E-state index contributed by atoms with van der Waals surface area (Å²) in [6.07, 6.45) is 3.10. The van der Waals surface area contributed by atoms with Gasteiger partial charge < -0.3 is 5.11 Å². The maximum absolute atomic E-state index is 10.9. The number of ketones is 1. The highest BCUT2D eigenvalue weighted by molar-refractivity contribution is 6.39. The number of nitrogens with zero attached hydrogens (tertiary/aromatic N) is 2. The number of Topliss-reactive ketones (excluding diaryl/α,β-unsaturated/α-hetero) is 1. The van der Waals surface area contributed by atoms with Gasteiger partial charge in [-0.2, -0.15) is 0 Å². The zero-order chi connectivity index (χ0) is 11.8. The molecule has 0 bridgehead atoms. The molecule has 5 heteroatoms. The van der Waals surface area contributed by atoms with Crippen molar-refractivity contribution < 1.29 is 14.7 Å². The second-order valence-electron chi connectivity index (χ2n) is 2.38. The first-order valence-electron chi connectivity index (χ1n) is 4.73. The third kappa shape index (κ3) is 3.84. The predicted octanol–water partition coefficient (Wildman–Crippen LogP) is 1.33. The van der Waals surface area contributed by atoms with E-state index in [4.69, 9.17) is 5.11 Å². The monoisotopic (exact) mass is 210 g/mol. The number of rotatable bonds is 3. The van der Waals surface area contributed by atoms with Crippen molar-refractivity contribution in [2.45, 2.75) is 27.2 Å². The molecule has 5 nitrogen and oxygen atoms in total. The van der Waals surface area contributed by atoms with Crippen LogP contribution in [0.4, 0.5) is 0 Å². The highest BCUT2D eigenvalue weighted by Gasteiger charge is 2.14. The van der Waals surface area contributed by atoms with Crippen LogP contribution in [-0.2, 0) is 11.2 Å². The highest BCUT2D eigenvalue weighted by Crippen LogP contribution is 1.98. The van der Waals surface area contributed by atoms with Gasteiger partial charge in [-0.05, 0) is 0 Å². The van der Waals surface area contributed by atoms with E-state index >= 15 is 0 Å². The smallest absolute Gasteiger partial charge is 0.377 e. The summed E-state index contributed by atoms with van der Waals surface area (Å²) < 4.78 is 0. The van der Waals surface area contributed by atoms with Crippen LogP contribution in [-0.4, -0.2) is 26.8 Å². The van der Waals surface area contributed by atoms with Crippen molar-refractivity contribution in [1.29, 1.82) is 0 Å². The van der Waals surface area contributed by atoms with E-state index in [9.17, 15) is 9.59 Å². The van der Waals surface area contributed by atoms with Crippen LogP contribution in [0, 0.1) is 0 Å². The van der Waals surface area contributed by atoms with Crippen LogP contribution in [0.5, 0.6) is 0 Å². The van der Waals surface area contributed by atoms with Gasteiger partial charge in [-0.1, -0.05) is 20.8 Å². The number of aromatic nitrogens is 2. The number of hydrogen-bond acceptors (Lipinski definition) is 4. The topological polar surface area (TPSA) is 80.2 Å². The molecule has 0 unspecified atom stereocenters. The summed E-state index contributed by atoms with van der Waals surface area (Å²) in [4.78, 5) is 28.7. The number of carbonyl (C=O) groups excluding carboxylic acids is 1. The molecule has 0 spiro atoms. The van der Waals surface area contributed by atoms with Gasteiger partial charge in [-0.15, -0.1) is 0 Å². The minimum absolute atomic E-state index is 0.00435. The number of carboxylic acid groups (broad SMARTS) is 1. The van der Waals surface area contributed by atoms with E-state index < -0.39 is 11.8 Å². The van der Waals surface area contributed by atoms with Crippen molar-refractivity contribution >= 4 is 11.8 Å². The molecule has 0 amide bonds. The number of aliphatic carboxylic acids is 1. The predicted molar refractivity (Wildman–Crippen MR) is 54.7 cm³/mol. The Kier molecular flexibility index (Phi) is 5.85. The Morgan fingerprint density at radius 1 is 1.27 bits per heavy atom. The molecular weight excluding hydrogens is 196 g/mol. The Morgan fingerprint density at radius 2 is 1.73 bits per heavy atom. The van der Waals surface area contributed by atoms with Crippen LogP contribution in [0.1, 0.15) is 37.0 Å². The summed E-state index contributed by atoms with van der Waals surface area (Å²) in [5.74, 6) is -1.89. The molecule has 1 aromatic rings. The number of carbonyl (C=O) groups is 2. The molecule has 0 radical (unpaired) electrons. The molecule has 1 rings (SSSR count). The molecule has 0 aliphatic carbocycles. The largest absolute Gasteiger partial charge is 0.475 e. The van der Waals surface area contributed by atoms with Crippen molar-refractivity contribution in [1.82, 2.24) is 9.97 Å². The first-order valence-corrected chi connectivity index (χ1v) is 4.73. The Balaban J connectivity index is 0.000000921. The van der Waals surface area contributed by atoms with Crippen molar-refractivity contribution in [2.75, 3.05) is 0 Å². The highest BCUT2D eigenvalue weighted by atomic mass is 16.4. The molecule has 0 aliphatic rings. The van der Waals surface area contributed by atoms with Gasteiger partial charge in [-0.3, -0.25) is 4.79 Å². The van der Waals surface area contributed by atoms with Gasteiger partial charge in [0.2, 0.25) is 0 Å². The van der Waals surface area contributed by atoms with Crippen LogP contribution >= 0.6 is 0 Å². The molecule has 1 aromatic heterocycles. The summed E-state index contributed by atoms with van der Waals surface area (Å²) >= 11 is 0. The maximum Gasteiger partial charge on any atom is 0.377 e. The van der Waals surface area contributed by atoms with Crippen molar-refractivity contribution in [3.05, 3.63) is 23.8 Å². The molecule has 0 atom stereocenters. The average Bonchev–Trinajstić information content (AvgIpc) is 2.31. The molecule has 1 heterocycles. The molecule has 82 valence electrons. The molecule has 0 saturated heterocycles. The maximum atomic E-state index is 10.9. The molecule has 1 N–H and O–H groups in total. The molecule has 0 fully saturated rings. The van der Waals surface area contributed by atoms with E-state index in [2.05, 4.69) is 9.97 Å². The minimum atomic E-state index is -1.49. The Bertz CT molecular complexity index is 333. The standard InChI is InChI=1S/C8H8N2O3.C2H6/c1-2-6-9-3-5(4-10-6)7(11)8(12)13;1-2/h3-4H,2H2,1H3,(H,12,13);1-2H3. The van der Waals surface area contributed by atoms with E-state index in [0.29, 0.717) is 12.2 Å². The van der Waals surface area contributed by atoms with Crippen molar-refractivity contribution in [2.24, 2.45) is 0 Å². The van der Waals surface area contributed by atoms with Crippen LogP contribution in [0.2, 0.25) is 0 Å². The SMILES string of the molecule is CC.CCc1ncc(C(=O)C(=O)O)cn1.